The molecule has 7 heteroatoms. The monoisotopic (exact) mass is 634 g/mol. The van der Waals surface area contributed by atoms with E-state index in [2.05, 4.69) is 54.5 Å². The molecular formula is C39H54O7. The van der Waals surface area contributed by atoms with E-state index in [-0.39, 0.29) is 39.6 Å². The first-order valence-electron chi connectivity index (χ1n) is 17.4. The SMILES string of the molecule is C[C@H]1[C@H](C)CC[C@]2(C(=O)O)CC[C@]3(C)C(=CC[C@@H]4[C@@]5(C)C[C@@H](O)[C@H](OC(=O)/C=C\c6ccc(O)c(O)c6)C(C)(C)[C@@H]5CC[C@]43C)[C@H]12. The van der Waals surface area contributed by atoms with Crippen molar-refractivity contribution >= 4 is 18.0 Å². The second-order valence-electron chi connectivity index (χ2n) is 17.1. The van der Waals surface area contributed by atoms with Crippen LogP contribution >= 0.6 is 0 Å². The van der Waals surface area contributed by atoms with E-state index in [0.717, 1.165) is 44.9 Å². The normalized spacial score (nSPS) is 44.6. The van der Waals surface area contributed by atoms with Crippen LogP contribution in [0.15, 0.2) is 35.9 Å². The molecule has 252 valence electrons. The van der Waals surface area contributed by atoms with Gasteiger partial charge in [0, 0.05) is 11.5 Å². The summed E-state index contributed by atoms with van der Waals surface area (Å²) in [5.74, 6) is -0.237. The third-order valence-electron chi connectivity index (χ3n) is 15.0. The lowest BCUT2D eigenvalue weighted by molar-refractivity contribution is -0.238. The maximum atomic E-state index is 13.0. The Bertz CT molecular complexity index is 1480. The average molecular weight is 635 g/mol. The second-order valence-corrected chi connectivity index (χ2v) is 17.1. The number of carboxylic acids is 1. The standard InChI is InChI=1S/C39H54O7/c1-22-14-17-39(34(44)45)19-18-37(6)25(32(39)23(22)2)10-12-30-36(5)21-28(42)33(35(3,4)29(36)15-16-38(30,37)7)46-31(43)13-9-24-8-11-26(40)27(41)20-24/h8-11,13,20,22-23,28-30,32-33,40-42H,12,14-19,21H2,1-7H3,(H,44,45)/b13-9-/t22-,23+,28-,29+,30-,32+,33+,36+,37-,38-,39+/m1/s1. The van der Waals surface area contributed by atoms with Crippen LogP contribution < -0.4 is 0 Å². The van der Waals surface area contributed by atoms with Gasteiger partial charge in [0.25, 0.3) is 0 Å². The lowest BCUT2D eigenvalue weighted by atomic mass is 9.33. The molecule has 0 saturated heterocycles. The third kappa shape index (κ3) is 4.53. The Balaban J connectivity index is 1.29. The van der Waals surface area contributed by atoms with Crippen molar-refractivity contribution in [1.82, 2.24) is 0 Å². The number of phenolic OH excluding ortho intramolecular Hbond substituents is 2. The van der Waals surface area contributed by atoms with E-state index in [1.165, 1.54) is 29.9 Å². The molecule has 11 atom stereocenters. The zero-order chi connectivity index (χ0) is 33.6. The number of carbonyl (C=O) groups is 2. The summed E-state index contributed by atoms with van der Waals surface area (Å²) in [6, 6.07) is 4.33. The van der Waals surface area contributed by atoms with Crippen molar-refractivity contribution in [3.8, 4) is 11.5 Å². The molecule has 0 radical (unpaired) electrons. The summed E-state index contributed by atoms with van der Waals surface area (Å²) >= 11 is 0. The van der Waals surface area contributed by atoms with Crippen LogP contribution in [0.3, 0.4) is 0 Å². The summed E-state index contributed by atoms with van der Waals surface area (Å²) in [7, 11) is 0. The summed E-state index contributed by atoms with van der Waals surface area (Å²) in [4.78, 5) is 26.0. The Kier molecular flexibility index (Phi) is 7.82. The number of esters is 1. The van der Waals surface area contributed by atoms with E-state index in [1.54, 1.807) is 6.07 Å². The lowest BCUT2D eigenvalue weighted by Gasteiger charge is -2.71. The molecule has 1 aromatic carbocycles. The minimum atomic E-state index is -0.822. The van der Waals surface area contributed by atoms with Crippen LogP contribution in [0, 0.1) is 56.7 Å². The van der Waals surface area contributed by atoms with Gasteiger partial charge in [-0.2, -0.15) is 0 Å². The fourth-order valence-electron chi connectivity index (χ4n) is 12.2. The van der Waals surface area contributed by atoms with Gasteiger partial charge >= 0.3 is 11.9 Å². The number of carbonyl (C=O) groups excluding carboxylic acids is 1. The molecule has 0 heterocycles. The molecule has 1 aromatic rings. The molecule has 0 amide bonds. The number of hydrogen-bond acceptors (Lipinski definition) is 6. The lowest BCUT2D eigenvalue weighted by Crippen LogP contribution is -2.67. The van der Waals surface area contributed by atoms with E-state index < -0.39 is 35.0 Å². The molecule has 5 aliphatic carbocycles. The summed E-state index contributed by atoms with van der Waals surface area (Å²) in [5, 5.41) is 41.8. The quantitative estimate of drug-likeness (QED) is 0.116. The van der Waals surface area contributed by atoms with Crippen LogP contribution in [-0.2, 0) is 14.3 Å². The van der Waals surface area contributed by atoms with E-state index in [1.807, 2.05) is 0 Å². The molecule has 5 aliphatic rings. The maximum Gasteiger partial charge on any atom is 0.331 e. The van der Waals surface area contributed by atoms with Gasteiger partial charge < -0.3 is 25.2 Å². The summed E-state index contributed by atoms with van der Waals surface area (Å²) in [5.41, 5.74) is 0.479. The van der Waals surface area contributed by atoms with Gasteiger partial charge in [-0.1, -0.05) is 66.2 Å². The predicted molar refractivity (Wildman–Crippen MR) is 177 cm³/mol. The van der Waals surface area contributed by atoms with Crippen LogP contribution in [0.5, 0.6) is 11.5 Å². The molecular weight excluding hydrogens is 580 g/mol. The highest BCUT2D eigenvalue weighted by molar-refractivity contribution is 5.87. The number of aliphatic hydroxyl groups excluding tert-OH is 1. The molecule has 46 heavy (non-hydrogen) atoms. The van der Waals surface area contributed by atoms with Crippen molar-refractivity contribution in [2.45, 2.75) is 112 Å². The topological polar surface area (TPSA) is 124 Å². The maximum absolute atomic E-state index is 13.0. The molecule has 4 N–H and O–H groups in total. The Morgan fingerprint density at radius 2 is 1.65 bits per heavy atom. The van der Waals surface area contributed by atoms with Crippen LogP contribution in [-0.4, -0.2) is 44.6 Å². The Morgan fingerprint density at radius 3 is 2.33 bits per heavy atom. The largest absolute Gasteiger partial charge is 0.504 e. The number of benzene rings is 1. The van der Waals surface area contributed by atoms with Gasteiger partial charge in [-0.05, 0) is 121 Å². The van der Waals surface area contributed by atoms with Gasteiger partial charge in [0.15, 0.2) is 11.5 Å². The van der Waals surface area contributed by atoms with Crippen molar-refractivity contribution < 1.29 is 34.8 Å². The first-order chi connectivity index (χ1) is 21.4. The van der Waals surface area contributed by atoms with Gasteiger partial charge in [-0.15, -0.1) is 0 Å². The van der Waals surface area contributed by atoms with Crippen molar-refractivity contribution in [2.75, 3.05) is 0 Å². The van der Waals surface area contributed by atoms with Gasteiger partial charge in [0.2, 0.25) is 0 Å². The number of aromatic hydroxyl groups is 2. The highest BCUT2D eigenvalue weighted by atomic mass is 16.6. The van der Waals surface area contributed by atoms with Crippen LogP contribution in [0.2, 0.25) is 0 Å². The molecule has 0 aromatic heterocycles. The molecule has 6 rings (SSSR count). The number of fused-ring (bicyclic) bond motifs is 7. The summed E-state index contributed by atoms with van der Waals surface area (Å²) in [6.07, 6.45) is 10.6. The fraction of sp³-hybridized carbons (Fsp3) is 0.692. The number of carboxylic acid groups (broad SMARTS) is 1. The zero-order valence-electron chi connectivity index (χ0n) is 28.7. The van der Waals surface area contributed by atoms with Crippen molar-refractivity contribution in [1.29, 1.82) is 0 Å². The molecule has 0 spiro atoms. The Labute approximate surface area is 274 Å². The molecule has 0 aliphatic heterocycles. The Morgan fingerprint density at radius 1 is 0.935 bits per heavy atom. The van der Waals surface area contributed by atoms with Gasteiger partial charge in [-0.25, -0.2) is 4.79 Å². The highest BCUT2D eigenvalue weighted by Gasteiger charge is 2.70. The average Bonchev–Trinajstić information content (AvgIpc) is 2.97. The number of hydrogen-bond donors (Lipinski definition) is 4. The van der Waals surface area contributed by atoms with Gasteiger partial charge in [-0.3, -0.25) is 4.79 Å². The van der Waals surface area contributed by atoms with Crippen molar-refractivity contribution in [3.05, 3.63) is 41.5 Å². The molecule has 0 unspecified atom stereocenters. The fourth-order valence-corrected chi connectivity index (χ4v) is 12.2. The zero-order valence-corrected chi connectivity index (χ0v) is 28.7. The van der Waals surface area contributed by atoms with E-state index >= 15 is 0 Å². The smallest absolute Gasteiger partial charge is 0.331 e. The van der Waals surface area contributed by atoms with Crippen LogP contribution in [0.25, 0.3) is 6.08 Å². The van der Waals surface area contributed by atoms with Crippen LogP contribution in [0.1, 0.15) is 105 Å². The molecule has 4 fully saturated rings. The van der Waals surface area contributed by atoms with Crippen molar-refractivity contribution in [2.24, 2.45) is 56.7 Å². The summed E-state index contributed by atoms with van der Waals surface area (Å²) in [6.45, 7) is 16.1. The minimum Gasteiger partial charge on any atom is -0.504 e. The number of phenols is 2. The number of ether oxygens (including phenoxy) is 1. The number of aliphatic carboxylic acids is 1. The summed E-state index contributed by atoms with van der Waals surface area (Å²) < 4.78 is 6.01. The second kappa shape index (κ2) is 10.9. The van der Waals surface area contributed by atoms with E-state index in [0.29, 0.717) is 29.7 Å². The van der Waals surface area contributed by atoms with Gasteiger partial charge in [0.1, 0.15) is 6.10 Å². The predicted octanol–water partition coefficient (Wildman–Crippen LogP) is 7.74. The highest BCUT2D eigenvalue weighted by Crippen LogP contribution is 2.75. The molecule has 7 nitrogen and oxygen atoms in total. The van der Waals surface area contributed by atoms with E-state index in [9.17, 15) is 30.0 Å². The molecule has 0 bridgehead atoms. The Hall–Kier alpha value is -2.80. The number of rotatable bonds is 4. The molecule has 4 saturated carbocycles. The van der Waals surface area contributed by atoms with Crippen LogP contribution in [0.4, 0.5) is 0 Å². The number of allylic oxidation sites excluding steroid dienone is 2. The number of aliphatic hydroxyl groups is 1. The first-order valence-corrected chi connectivity index (χ1v) is 17.4. The first kappa shape index (κ1) is 33.1. The third-order valence-corrected chi connectivity index (χ3v) is 15.0. The van der Waals surface area contributed by atoms with Gasteiger partial charge in [0.05, 0.1) is 11.5 Å². The van der Waals surface area contributed by atoms with E-state index in [4.69, 9.17) is 4.74 Å². The minimum absolute atomic E-state index is 0.0366. The van der Waals surface area contributed by atoms with Crippen molar-refractivity contribution in [3.63, 3.8) is 0 Å².